The van der Waals surface area contributed by atoms with E-state index in [0.717, 1.165) is 6.42 Å². The first-order valence-corrected chi connectivity index (χ1v) is 6.77. The molecule has 1 heterocycles. The lowest BCUT2D eigenvalue weighted by Gasteiger charge is -2.12. The Labute approximate surface area is 122 Å². The third-order valence-electron chi connectivity index (χ3n) is 3.02. The highest BCUT2D eigenvalue weighted by atomic mass is 19.1. The first-order valence-electron chi connectivity index (χ1n) is 6.77. The third kappa shape index (κ3) is 3.56. The summed E-state index contributed by atoms with van der Waals surface area (Å²) >= 11 is 0. The second-order valence-electron chi connectivity index (χ2n) is 4.63. The van der Waals surface area contributed by atoms with Crippen LogP contribution in [0, 0.1) is 5.82 Å². The molecule has 1 aromatic carbocycles. The summed E-state index contributed by atoms with van der Waals surface area (Å²) in [7, 11) is 1.79. The summed E-state index contributed by atoms with van der Waals surface area (Å²) in [6, 6.07) is 4.44. The third-order valence-corrected chi connectivity index (χ3v) is 3.02. The summed E-state index contributed by atoms with van der Waals surface area (Å²) in [6.07, 6.45) is 2.40. The molecule has 0 radical (unpaired) electrons. The number of halogens is 1. The van der Waals surface area contributed by atoms with Crippen LogP contribution < -0.4 is 10.6 Å². The van der Waals surface area contributed by atoms with Crippen LogP contribution in [0.1, 0.15) is 29.5 Å². The van der Waals surface area contributed by atoms with Crippen LogP contribution in [0.4, 0.5) is 10.1 Å². The highest BCUT2D eigenvalue weighted by Crippen LogP contribution is 2.19. The van der Waals surface area contributed by atoms with Crippen molar-refractivity contribution in [3.63, 3.8) is 0 Å². The Bertz CT molecular complexity index is 626. The van der Waals surface area contributed by atoms with Crippen molar-refractivity contribution >= 4 is 11.6 Å². The maximum atomic E-state index is 13.8. The normalized spacial score (nSPS) is 10.4. The smallest absolute Gasteiger partial charge is 0.253 e. The largest absolute Gasteiger partial charge is 0.382 e. The van der Waals surface area contributed by atoms with Crippen LogP contribution in [-0.2, 0) is 13.6 Å². The van der Waals surface area contributed by atoms with Gasteiger partial charge >= 0.3 is 0 Å². The van der Waals surface area contributed by atoms with Gasteiger partial charge in [-0.15, -0.1) is 10.2 Å². The molecule has 1 amide bonds. The van der Waals surface area contributed by atoms with Crippen LogP contribution in [0.3, 0.4) is 0 Å². The number of carbonyl (C=O) groups excluding carboxylic acids is 1. The molecule has 0 saturated heterocycles. The van der Waals surface area contributed by atoms with E-state index >= 15 is 0 Å². The molecular formula is C14H18FN5O. The zero-order chi connectivity index (χ0) is 15.2. The van der Waals surface area contributed by atoms with E-state index in [-0.39, 0.29) is 23.7 Å². The van der Waals surface area contributed by atoms with E-state index < -0.39 is 5.82 Å². The van der Waals surface area contributed by atoms with E-state index in [1.165, 1.54) is 12.1 Å². The van der Waals surface area contributed by atoms with Gasteiger partial charge in [0.05, 0.1) is 17.8 Å². The standard InChI is InChI=1S/C14H18FN5O/c1-3-7-16-13-10(5-4-6-11(13)15)14(21)17-8-12-19-18-9-20(12)2/h4-6,9,16H,3,7-8H2,1-2H3,(H,17,21). The quantitative estimate of drug-likeness (QED) is 0.850. The molecule has 0 aliphatic heterocycles. The fourth-order valence-corrected chi connectivity index (χ4v) is 1.86. The van der Waals surface area contributed by atoms with E-state index in [2.05, 4.69) is 20.8 Å². The number of nitrogens with zero attached hydrogens (tertiary/aromatic N) is 3. The minimum Gasteiger partial charge on any atom is -0.382 e. The first-order chi connectivity index (χ1) is 10.1. The molecule has 1 aromatic heterocycles. The van der Waals surface area contributed by atoms with Crippen LogP contribution in [-0.4, -0.2) is 27.2 Å². The number of rotatable bonds is 6. The van der Waals surface area contributed by atoms with Crippen LogP contribution >= 0.6 is 0 Å². The average molecular weight is 291 g/mol. The van der Waals surface area contributed by atoms with E-state index in [1.54, 1.807) is 24.0 Å². The molecule has 0 aliphatic rings. The molecule has 21 heavy (non-hydrogen) atoms. The second-order valence-corrected chi connectivity index (χ2v) is 4.63. The van der Waals surface area contributed by atoms with Gasteiger partial charge in [-0.2, -0.15) is 0 Å². The molecule has 0 spiro atoms. The Hall–Kier alpha value is -2.44. The van der Waals surface area contributed by atoms with Gasteiger partial charge in [-0.25, -0.2) is 4.39 Å². The van der Waals surface area contributed by atoms with Gasteiger partial charge in [-0.1, -0.05) is 13.0 Å². The molecule has 0 fully saturated rings. The van der Waals surface area contributed by atoms with E-state index in [1.807, 2.05) is 6.92 Å². The zero-order valence-electron chi connectivity index (χ0n) is 12.1. The molecule has 0 bridgehead atoms. The van der Waals surface area contributed by atoms with Gasteiger partial charge < -0.3 is 15.2 Å². The monoisotopic (exact) mass is 291 g/mol. The molecule has 2 N–H and O–H groups in total. The predicted molar refractivity (Wildman–Crippen MR) is 77.4 cm³/mol. The fourth-order valence-electron chi connectivity index (χ4n) is 1.86. The van der Waals surface area contributed by atoms with E-state index in [9.17, 15) is 9.18 Å². The van der Waals surface area contributed by atoms with Crippen molar-refractivity contribution in [1.29, 1.82) is 0 Å². The van der Waals surface area contributed by atoms with Crippen molar-refractivity contribution in [2.75, 3.05) is 11.9 Å². The Morgan fingerprint density at radius 2 is 2.24 bits per heavy atom. The Balaban J connectivity index is 2.11. The Morgan fingerprint density at radius 1 is 1.43 bits per heavy atom. The fraction of sp³-hybridized carbons (Fsp3) is 0.357. The van der Waals surface area contributed by atoms with E-state index in [0.29, 0.717) is 12.4 Å². The van der Waals surface area contributed by atoms with Gasteiger partial charge in [0.2, 0.25) is 0 Å². The summed E-state index contributed by atoms with van der Waals surface area (Å²) in [4.78, 5) is 12.2. The summed E-state index contributed by atoms with van der Waals surface area (Å²) in [5, 5.41) is 13.3. The minimum absolute atomic E-state index is 0.231. The van der Waals surface area contributed by atoms with Gasteiger partial charge in [0.1, 0.15) is 12.1 Å². The van der Waals surface area contributed by atoms with Crippen LogP contribution in [0.5, 0.6) is 0 Å². The maximum absolute atomic E-state index is 13.8. The minimum atomic E-state index is -0.435. The Kier molecular flexibility index (Phi) is 4.86. The molecule has 112 valence electrons. The number of benzene rings is 1. The molecule has 0 atom stereocenters. The van der Waals surface area contributed by atoms with Gasteiger partial charge in [0, 0.05) is 13.6 Å². The number of carbonyl (C=O) groups is 1. The summed E-state index contributed by atoms with van der Waals surface area (Å²) < 4.78 is 15.6. The van der Waals surface area contributed by atoms with Crippen molar-refractivity contribution in [2.45, 2.75) is 19.9 Å². The molecule has 0 aliphatic carbocycles. The van der Waals surface area contributed by atoms with Gasteiger partial charge in [-0.05, 0) is 18.6 Å². The number of para-hydroxylation sites is 1. The number of anilines is 1. The van der Waals surface area contributed by atoms with Crippen molar-refractivity contribution in [1.82, 2.24) is 20.1 Å². The summed E-state index contributed by atoms with van der Waals surface area (Å²) in [6.45, 7) is 2.81. The molecule has 0 unspecified atom stereocenters. The highest BCUT2D eigenvalue weighted by molar-refractivity contribution is 5.99. The summed E-state index contributed by atoms with van der Waals surface area (Å²) in [5.74, 6) is -0.159. The Morgan fingerprint density at radius 3 is 2.90 bits per heavy atom. The topological polar surface area (TPSA) is 71.8 Å². The van der Waals surface area contributed by atoms with Gasteiger partial charge in [0.25, 0.3) is 5.91 Å². The number of hydrogen-bond acceptors (Lipinski definition) is 4. The second kappa shape index (κ2) is 6.83. The van der Waals surface area contributed by atoms with Crippen LogP contribution in [0.25, 0.3) is 0 Å². The lowest BCUT2D eigenvalue weighted by Crippen LogP contribution is -2.25. The average Bonchev–Trinajstić information content (AvgIpc) is 2.88. The lowest BCUT2D eigenvalue weighted by molar-refractivity contribution is 0.0950. The molecule has 7 heteroatoms. The molecule has 6 nitrogen and oxygen atoms in total. The molecular weight excluding hydrogens is 273 g/mol. The number of aromatic nitrogens is 3. The van der Waals surface area contributed by atoms with E-state index in [4.69, 9.17) is 0 Å². The lowest BCUT2D eigenvalue weighted by atomic mass is 10.1. The molecule has 0 saturated carbocycles. The van der Waals surface area contributed by atoms with Crippen LogP contribution in [0.15, 0.2) is 24.5 Å². The van der Waals surface area contributed by atoms with Crippen molar-refractivity contribution in [3.05, 3.63) is 41.7 Å². The molecule has 2 aromatic rings. The summed E-state index contributed by atoms with van der Waals surface area (Å²) in [5.41, 5.74) is 0.514. The maximum Gasteiger partial charge on any atom is 0.253 e. The van der Waals surface area contributed by atoms with Gasteiger partial charge in [0.15, 0.2) is 5.82 Å². The van der Waals surface area contributed by atoms with Gasteiger partial charge in [-0.3, -0.25) is 4.79 Å². The number of amides is 1. The van der Waals surface area contributed by atoms with Crippen LogP contribution in [0.2, 0.25) is 0 Å². The SMILES string of the molecule is CCCNc1c(F)cccc1C(=O)NCc1nncn1C. The number of nitrogens with one attached hydrogen (secondary N) is 2. The van der Waals surface area contributed by atoms with Crippen molar-refractivity contribution in [3.8, 4) is 0 Å². The first kappa shape index (κ1) is 15.0. The van der Waals surface area contributed by atoms with Crippen molar-refractivity contribution in [2.24, 2.45) is 7.05 Å². The number of hydrogen-bond donors (Lipinski definition) is 2. The number of aryl methyl sites for hydroxylation is 1. The highest BCUT2D eigenvalue weighted by Gasteiger charge is 2.15. The molecule has 2 rings (SSSR count). The predicted octanol–water partition coefficient (Wildman–Crippen LogP) is 1.71. The zero-order valence-corrected chi connectivity index (χ0v) is 12.1. The van der Waals surface area contributed by atoms with Crippen molar-refractivity contribution < 1.29 is 9.18 Å².